The van der Waals surface area contributed by atoms with Crippen LogP contribution in [-0.4, -0.2) is 8.40 Å². The first-order chi connectivity index (χ1) is 24.1. The van der Waals surface area contributed by atoms with Crippen LogP contribution >= 0.6 is 0 Å². The molecule has 0 N–H and O–H groups in total. The fourth-order valence-corrected chi connectivity index (χ4v) is 13.1. The quantitative estimate of drug-likeness (QED) is 0.176. The van der Waals surface area contributed by atoms with Gasteiger partial charge in [0.2, 0.25) is 0 Å². The third-order valence-corrected chi connectivity index (χ3v) is 14.6. The molecule has 2 nitrogen and oxygen atoms in total. The topological polar surface area (TPSA) is 6.48 Å². The summed E-state index contributed by atoms with van der Waals surface area (Å²) in [5.41, 5.74) is 9.82. The number of rotatable bonds is 4. The summed E-state index contributed by atoms with van der Waals surface area (Å²) in [4.78, 5) is 0. The zero-order valence-corrected chi connectivity index (χ0v) is 28.7. The second-order valence-corrected chi connectivity index (χ2v) is 16.5. The fourth-order valence-electron chi connectivity index (χ4n) is 8.08. The van der Waals surface area contributed by atoms with Gasteiger partial charge in [-0.1, -0.05) is 146 Å². The molecule has 0 radical (unpaired) electrons. The lowest BCUT2D eigenvalue weighted by atomic mass is 9.90. The van der Waals surface area contributed by atoms with Crippen molar-refractivity contribution in [2.75, 3.05) is 9.13 Å². The molecule has 1 aliphatic rings. The van der Waals surface area contributed by atoms with Gasteiger partial charge in [-0.05, 0) is 93.3 Å². The number of anilines is 4. The minimum atomic E-state index is -3.28. The number of aryl methyl sites for hydroxylation is 2. The smallest absolute Gasteiger partial charge is 0.340 e. The number of nitrogens with zero attached hydrogens (tertiary/aromatic N) is 2. The molecule has 8 aromatic carbocycles. The van der Waals surface area contributed by atoms with Gasteiger partial charge >= 0.3 is 8.40 Å². The van der Waals surface area contributed by atoms with Crippen LogP contribution in [0.3, 0.4) is 0 Å². The van der Waals surface area contributed by atoms with Gasteiger partial charge in [-0.3, -0.25) is 0 Å². The van der Waals surface area contributed by atoms with E-state index in [1.54, 1.807) is 0 Å². The maximum absolute atomic E-state index is 3.28. The van der Waals surface area contributed by atoms with Crippen LogP contribution in [0.4, 0.5) is 22.7 Å². The average molecular weight is 645 g/mol. The van der Waals surface area contributed by atoms with Crippen molar-refractivity contribution in [1.29, 1.82) is 0 Å². The van der Waals surface area contributed by atoms with Crippen molar-refractivity contribution in [3.63, 3.8) is 0 Å². The van der Waals surface area contributed by atoms with Crippen LogP contribution in [0.1, 0.15) is 11.1 Å². The Hall–Kier alpha value is -5.90. The third kappa shape index (κ3) is 4.54. The highest BCUT2D eigenvalue weighted by Crippen LogP contribution is 2.54. The molecule has 0 bridgehead atoms. The Kier molecular flexibility index (Phi) is 6.96. The summed E-state index contributed by atoms with van der Waals surface area (Å²) in [6.07, 6.45) is 0. The van der Waals surface area contributed by atoms with Crippen molar-refractivity contribution < 1.29 is 0 Å². The molecule has 49 heavy (non-hydrogen) atoms. The molecule has 0 saturated carbocycles. The van der Waals surface area contributed by atoms with Crippen LogP contribution < -0.4 is 19.5 Å². The molecule has 0 spiro atoms. The van der Waals surface area contributed by atoms with Gasteiger partial charge < -0.3 is 9.13 Å². The van der Waals surface area contributed by atoms with Crippen LogP contribution in [0.2, 0.25) is 0 Å². The Morgan fingerprint density at radius 2 is 0.776 bits per heavy atom. The SMILES string of the molecule is Cc1cccc(N2c3ccc4ccccc4c3-c3c(ccc4ccccc34)N(c3cccc(C)c3)[Si]2(c2ccccc2)c2ccccc2)c1. The largest absolute Gasteiger partial charge is 0.343 e. The lowest BCUT2D eigenvalue weighted by Gasteiger charge is -2.50. The van der Waals surface area contributed by atoms with E-state index in [4.69, 9.17) is 0 Å². The minimum Gasteiger partial charge on any atom is -0.343 e. The highest BCUT2D eigenvalue weighted by molar-refractivity contribution is 7.09. The summed E-state index contributed by atoms with van der Waals surface area (Å²) in [5, 5.41) is 7.60. The average Bonchev–Trinajstić information content (AvgIpc) is 3.27. The van der Waals surface area contributed by atoms with Crippen molar-refractivity contribution >= 4 is 63.1 Å². The fraction of sp³-hybridized carbons (Fsp3) is 0.0435. The van der Waals surface area contributed by atoms with Gasteiger partial charge in [0.15, 0.2) is 0 Å². The molecule has 8 aromatic rings. The predicted octanol–water partition coefficient (Wildman–Crippen LogP) is 10.8. The molecule has 0 aliphatic carbocycles. The lowest BCUT2D eigenvalue weighted by molar-refractivity contribution is 1.26. The predicted molar refractivity (Wildman–Crippen MR) is 211 cm³/mol. The summed E-state index contributed by atoms with van der Waals surface area (Å²) in [6.45, 7) is 4.41. The Labute approximate surface area is 289 Å². The summed E-state index contributed by atoms with van der Waals surface area (Å²) in [5.74, 6) is 0. The van der Waals surface area contributed by atoms with E-state index >= 15 is 0 Å². The molecule has 1 aliphatic heterocycles. The summed E-state index contributed by atoms with van der Waals surface area (Å²) in [7, 11) is -3.28. The number of hydrogen-bond acceptors (Lipinski definition) is 2. The Bertz CT molecular complexity index is 2310. The lowest BCUT2D eigenvalue weighted by Crippen LogP contribution is -2.78. The molecule has 0 saturated heterocycles. The molecule has 3 heteroatoms. The second-order valence-electron chi connectivity index (χ2n) is 13.1. The first-order valence-electron chi connectivity index (χ1n) is 17.0. The number of fused-ring (bicyclic) bond motifs is 7. The molecule has 0 fully saturated rings. The molecular weight excluding hydrogens is 609 g/mol. The van der Waals surface area contributed by atoms with Crippen LogP contribution in [-0.2, 0) is 0 Å². The van der Waals surface area contributed by atoms with E-state index in [1.807, 2.05) is 0 Å². The highest BCUT2D eigenvalue weighted by atomic mass is 28.3. The van der Waals surface area contributed by atoms with E-state index in [0.29, 0.717) is 0 Å². The van der Waals surface area contributed by atoms with E-state index in [1.165, 1.54) is 76.9 Å². The van der Waals surface area contributed by atoms with Gasteiger partial charge in [0, 0.05) is 33.9 Å². The van der Waals surface area contributed by atoms with Gasteiger partial charge in [-0.15, -0.1) is 0 Å². The zero-order valence-electron chi connectivity index (χ0n) is 27.7. The second kappa shape index (κ2) is 11.7. The first-order valence-corrected chi connectivity index (χ1v) is 18.9. The van der Waals surface area contributed by atoms with Crippen molar-refractivity contribution in [1.82, 2.24) is 0 Å². The van der Waals surface area contributed by atoms with E-state index in [0.717, 1.165) is 0 Å². The van der Waals surface area contributed by atoms with Crippen LogP contribution in [0.15, 0.2) is 182 Å². The maximum atomic E-state index is 2.75. The van der Waals surface area contributed by atoms with Gasteiger partial charge in [0.1, 0.15) is 0 Å². The number of hydrogen-bond donors (Lipinski definition) is 0. The third-order valence-electron chi connectivity index (χ3n) is 10.1. The van der Waals surface area contributed by atoms with E-state index in [2.05, 4.69) is 205 Å². The molecule has 234 valence electrons. The van der Waals surface area contributed by atoms with Crippen LogP contribution in [0.5, 0.6) is 0 Å². The van der Waals surface area contributed by atoms with Gasteiger partial charge in [0.25, 0.3) is 0 Å². The minimum absolute atomic E-state index is 1.19. The Morgan fingerprint density at radius 3 is 1.20 bits per heavy atom. The van der Waals surface area contributed by atoms with E-state index < -0.39 is 8.40 Å². The van der Waals surface area contributed by atoms with E-state index in [-0.39, 0.29) is 0 Å². The van der Waals surface area contributed by atoms with Crippen molar-refractivity contribution in [3.8, 4) is 11.1 Å². The maximum Gasteiger partial charge on any atom is 0.340 e. The van der Waals surface area contributed by atoms with Gasteiger partial charge in [-0.25, -0.2) is 0 Å². The molecule has 9 rings (SSSR count). The van der Waals surface area contributed by atoms with Crippen molar-refractivity contribution in [3.05, 3.63) is 193 Å². The van der Waals surface area contributed by atoms with Gasteiger partial charge in [-0.2, -0.15) is 0 Å². The molecule has 0 atom stereocenters. The summed E-state index contributed by atoms with van der Waals surface area (Å²) in [6, 6.07) is 68.0. The molecule has 0 aromatic heterocycles. The monoisotopic (exact) mass is 644 g/mol. The van der Waals surface area contributed by atoms with E-state index in [9.17, 15) is 0 Å². The van der Waals surface area contributed by atoms with Crippen LogP contribution in [0.25, 0.3) is 32.7 Å². The van der Waals surface area contributed by atoms with Crippen molar-refractivity contribution in [2.45, 2.75) is 13.8 Å². The summed E-state index contributed by atoms with van der Waals surface area (Å²) >= 11 is 0. The molecule has 1 heterocycles. The Morgan fingerprint density at radius 1 is 0.367 bits per heavy atom. The van der Waals surface area contributed by atoms with Gasteiger partial charge in [0.05, 0.1) is 0 Å². The standard InChI is InChI=1S/C46H36N2Si/c1-33-15-13-19-37(31-33)47-43-29-27-35-17-9-11-25-41(35)45(43)46-42-26-12-10-18-36(42)28-30-44(46)48(38-20-14-16-34(2)32-38)49(47,39-21-5-3-6-22-39)40-23-7-4-8-24-40/h3-32H,1-2H3. The molecule has 0 amide bonds. The zero-order chi connectivity index (χ0) is 33.0. The highest BCUT2D eigenvalue weighted by Gasteiger charge is 2.55. The number of benzene rings is 8. The molecule has 0 unspecified atom stereocenters. The Balaban J connectivity index is 1.60. The molecular formula is C46H36N2Si. The summed E-state index contributed by atoms with van der Waals surface area (Å²) < 4.78 is 5.51. The first kappa shape index (κ1) is 29.3. The van der Waals surface area contributed by atoms with Crippen LogP contribution in [0, 0.1) is 13.8 Å². The van der Waals surface area contributed by atoms with Crippen molar-refractivity contribution in [2.24, 2.45) is 0 Å². The normalized spacial score (nSPS) is 13.6.